The van der Waals surface area contributed by atoms with E-state index in [-0.39, 0.29) is 6.10 Å². The molecule has 1 aliphatic rings. The predicted molar refractivity (Wildman–Crippen MR) is 159 cm³/mol. The second-order valence-electron chi connectivity index (χ2n) is 9.87. The van der Waals surface area contributed by atoms with Crippen molar-refractivity contribution in [3.8, 4) is 22.6 Å². The smallest absolute Gasteiger partial charge is 0.259 e. The number of nitrogens with one attached hydrogen (secondary N) is 1. The molecule has 3 heterocycles. The molecule has 5 rings (SSSR count). The third kappa shape index (κ3) is 5.45. The minimum absolute atomic E-state index is 0.0419. The van der Waals surface area contributed by atoms with Crippen molar-refractivity contribution in [3.05, 3.63) is 64.9 Å². The molecule has 208 valence electrons. The van der Waals surface area contributed by atoms with Gasteiger partial charge < -0.3 is 25.3 Å². The van der Waals surface area contributed by atoms with Gasteiger partial charge in [-0.25, -0.2) is 9.97 Å². The Hall–Kier alpha value is -4.15. The lowest BCUT2D eigenvalue weighted by Crippen LogP contribution is -2.28. The highest BCUT2D eigenvalue weighted by atomic mass is 32.1. The summed E-state index contributed by atoms with van der Waals surface area (Å²) in [6.07, 6.45) is 2.55. The Kier molecular flexibility index (Phi) is 7.90. The van der Waals surface area contributed by atoms with Crippen LogP contribution >= 0.6 is 11.3 Å². The summed E-state index contributed by atoms with van der Waals surface area (Å²) in [5, 5.41) is 3.33. The number of anilines is 2. The van der Waals surface area contributed by atoms with E-state index in [2.05, 4.69) is 28.3 Å². The van der Waals surface area contributed by atoms with Gasteiger partial charge in [-0.1, -0.05) is 24.3 Å². The Morgan fingerprint density at radius 3 is 2.65 bits per heavy atom. The molecule has 9 nitrogen and oxygen atoms in total. The molecule has 0 saturated carbocycles. The molecule has 2 aromatic carbocycles. The highest BCUT2D eigenvalue weighted by Gasteiger charge is 2.23. The van der Waals surface area contributed by atoms with E-state index in [0.29, 0.717) is 33.4 Å². The molecular formula is C30H33N5O4S. The number of benzene rings is 2. The van der Waals surface area contributed by atoms with Gasteiger partial charge in [-0.2, -0.15) is 0 Å². The van der Waals surface area contributed by atoms with E-state index in [1.165, 1.54) is 16.9 Å². The molecule has 0 radical (unpaired) electrons. The number of amides is 1. The van der Waals surface area contributed by atoms with Crippen LogP contribution in [0, 0.1) is 0 Å². The Labute approximate surface area is 237 Å². The zero-order valence-electron chi connectivity index (χ0n) is 23.3. The van der Waals surface area contributed by atoms with Crippen LogP contribution in [0.2, 0.25) is 0 Å². The topological polar surface area (TPSA) is 112 Å². The molecule has 1 amide bonds. The first-order valence-corrected chi connectivity index (χ1v) is 13.9. The van der Waals surface area contributed by atoms with Gasteiger partial charge in [0, 0.05) is 17.7 Å². The lowest BCUT2D eigenvalue weighted by atomic mass is 9.97. The Morgan fingerprint density at radius 1 is 1.12 bits per heavy atom. The van der Waals surface area contributed by atoms with E-state index in [1.54, 1.807) is 20.4 Å². The fraction of sp³-hybridized carbons (Fsp3) is 0.300. The molecule has 0 fully saturated rings. The zero-order chi connectivity index (χ0) is 28.4. The van der Waals surface area contributed by atoms with Crippen molar-refractivity contribution in [2.24, 2.45) is 5.73 Å². The van der Waals surface area contributed by atoms with Crippen molar-refractivity contribution in [2.45, 2.75) is 26.4 Å². The van der Waals surface area contributed by atoms with Gasteiger partial charge in [-0.05, 0) is 56.7 Å². The van der Waals surface area contributed by atoms with E-state index in [9.17, 15) is 4.79 Å². The highest BCUT2D eigenvalue weighted by molar-refractivity contribution is 7.21. The molecule has 10 heteroatoms. The van der Waals surface area contributed by atoms with Crippen LogP contribution in [0.15, 0.2) is 54.4 Å². The van der Waals surface area contributed by atoms with Crippen molar-refractivity contribution in [1.82, 2.24) is 14.9 Å². The summed E-state index contributed by atoms with van der Waals surface area (Å²) in [5.74, 6) is 2.12. The second-order valence-corrected chi connectivity index (χ2v) is 10.9. The number of rotatable bonds is 9. The Morgan fingerprint density at radius 2 is 1.93 bits per heavy atom. The molecule has 2 aromatic heterocycles. The van der Waals surface area contributed by atoms with Crippen LogP contribution < -0.4 is 20.5 Å². The number of carbonyl (C=O) groups is 1. The number of nitrogens with two attached hydrogens (primary N) is 1. The number of nitrogens with zero attached hydrogens (tertiary/aromatic N) is 3. The number of aromatic nitrogens is 2. The van der Waals surface area contributed by atoms with E-state index in [4.69, 9.17) is 24.9 Å². The Bertz CT molecular complexity index is 1600. The molecule has 1 aliphatic heterocycles. The van der Waals surface area contributed by atoms with E-state index in [1.807, 2.05) is 50.2 Å². The van der Waals surface area contributed by atoms with Gasteiger partial charge in [0.05, 0.1) is 49.0 Å². The van der Waals surface area contributed by atoms with E-state index >= 15 is 0 Å². The van der Waals surface area contributed by atoms with Crippen LogP contribution in [0.4, 0.5) is 11.6 Å². The molecule has 0 bridgehead atoms. The zero-order valence-corrected chi connectivity index (χ0v) is 24.1. The minimum atomic E-state index is -0.528. The van der Waals surface area contributed by atoms with Gasteiger partial charge in [0.2, 0.25) is 5.95 Å². The number of para-hydroxylation sites is 1. The van der Waals surface area contributed by atoms with Crippen LogP contribution in [-0.2, 0) is 4.74 Å². The van der Waals surface area contributed by atoms with Gasteiger partial charge in [-0.3, -0.25) is 9.69 Å². The standard InChI is InChI=1S/C30H33N5O4S/c1-17(2)39-23-14-18(19-12-13-35(3)16-24(19)38-5)10-11-21(23)33-30-32-15-25-27(34-30)26(28(40-25)29(31)36)20-8-6-7-9-22(20)37-4/h6-11,14-15,17H,12-13,16H2,1-5H3,(H2,31,36)(H,32,33,34). The van der Waals surface area contributed by atoms with Gasteiger partial charge in [0.1, 0.15) is 22.1 Å². The van der Waals surface area contributed by atoms with Gasteiger partial charge >= 0.3 is 0 Å². The summed E-state index contributed by atoms with van der Waals surface area (Å²) in [6.45, 7) is 5.71. The number of hydrogen-bond acceptors (Lipinski definition) is 9. The van der Waals surface area contributed by atoms with E-state index in [0.717, 1.165) is 46.8 Å². The van der Waals surface area contributed by atoms with Crippen LogP contribution in [0.1, 0.15) is 35.5 Å². The van der Waals surface area contributed by atoms with Crippen LogP contribution in [0.3, 0.4) is 0 Å². The maximum atomic E-state index is 12.4. The molecule has 0 unspecified atom stereocenters. The molecule has 3 N–H and O–H groups in total. The molecule has 40 heavy (non-hydrogen) atoms. The number of likely N-dealkylation sites (N-methyl/N-ethyl adjacent to an activating group) is 1. The summed E-state index contributed by atoms with van der Waals surface area (Å²) < 4.78 is 18.3. The summed E-state index contributed by atoms with van der Waals surface area (Å²) in [6, 6.07) is 13.6. The maximum absolute atomic E-state index is 12.4. The van der Waals surface area contributed by atoms with Crippen molar-refractivity contribution in [3.63, 3.8) is 0 Å². The third-order valence-corrected chi connectivity index (χ3v) is 7.84. The molecule has 4 aromatic rings. The summed E-state index contributed by atoms with van der Waals surface area (Å²) >= 11 is 1.26. The number of hydrogen-bond donors (Lipinski definition) is 2. The number of methoxy groups -OCH3 is 2. The van der Waals surface area contributed by atoms with Crippen molar-refractivity contribution >= 4 is 44.7 Å². The average molecular weight is 560 g/mol. The van der Waals surface area contributed by atoms with Gasteiger partial charge in [-0.15, -0.1) is 11.3 Å². The van der Waals surface area contributed by atoms with Crippen LogP contribution in [0.25, 0.3) is 26.9 Å². The molecular weight excluding hydrogens is 526 g/mol. The summed E-state index contributed by atoms with van der Waals surface area (Å²) in [7, 11) is 5.40. The second kappa shape index (κ2) is 11.5. The fourth-order valence-corrected chi connectivity index (χ4v) is 5.85. The minimum Gasteiger partial charge on any atom is -0.499 e. The number of thiophene rings is 1. The molecule has 0 aliphatic carbocycles. The largest absolute Gasteiger partial charge is 0.499 e. The first kappa shape index (κ1) is 27.4. The van der Waals surface area contributed by atoms with Crippen LogP contribution in [-0.4, -0.2) is 61.2 Å². The van der Waals surface area contributed by atoms with Crippen LogP contribution in [0.5, 0.6) is 11.5 Å². The van der Waals surface area contributed by atoms with Crippen molar-refractivity contribution < 1.29 is 19.0 Å². The SMILES string of the molecule is COC1=C(c2ccc(Nc3ncc4sc(C(N)=O)c(-c5ccccc5OC)c4n3)c(OC(C)C)c2)CCN(C)C1. The van der Waals surface area contributed by atoms with Crippen molar-refractivity contribution in [2.75, 3.05) is 39.7 Å². The third-order valence-electron chi connectivity index (χ3n) is 6.71. The predicted octanol–water partition coefficient (Wildman–Crippen LogP) is 5.69. The summed E-state index contributed by atoms with van der Waals surface area (Å²) in [5.41, 5.74) is 10.7. The molecule has 0 atom stereocenters. The number of fused-ring (bicyclic) bond motifs is 1. The summed E-state index contributed by atoms with van der Waals surface area (Å²) in [4.78, 5) is 24.4. The number of ether oxygens (including phenoxy) is 3. The molecule has 0 saturated heterocycles. The fourth-order valence-electron chi connectivity index (χ4n) is 4.87. The highest BCUT2D eigenvalue weighted by Crippen LogP contribution is 2.42. The first-order valence-electron chi connectivity index (χ1n) is 13.0. The van der Waals surface area contributed by atoms with E-state index < -0.39 is 5.91 Å². The van der Waals surface area contributed by atoms with Gasteiger partial charge in [0.15, 0.2) is 0 Å². The molecule has 0 spiro atoms. The average Bonchev–Trinajstić information content (AvgIpc) is 3.32. The number of primary amides is 1. The normalized spacial score (nSPS) is 14.1. The lowest BCUT2D eigenvalue weighted by molar-refractivity contribution is 0.100. The van der Waals surface area contributed by atoms with Crippen molar-refractivity contribution in [1.29, 1.82) is 0 Å². The van der Waals surface area contributed by atoms with Gasteiger partial charge in [0.25, 0.3) is 5.91 Å². The quantitative estimate of drug-likeness (QED) is 0.269. The maximum Gasteiger partial charge on any atom is 0.259 e. The monoisotopic (exact) mass is 559 g/mol. The Balaban J connectivity index is 1.57. The number of carbonyl (C=O) groups excluding carboxylic acids is 1. The lowest BCUT2D eigenvalue weighted by Gasteiger charge is -2.27. The first-order chi connectivity index (χ1) is 19.3.